The van der Waals surface area contributed by atoms with Gasteiger partial charge in [-0.3, -0.25) is 4.90 Å². The smallest absolute Gasteiger partial charge is 0.0630 e. The summed E-state index contributed by atoms with van der Waals surface area (Å²) >= 11 is 0. The summed E-state index contributed by atoms with van der Waals surface area (Å²) in [4.78, 5) is 2.45. The minimum absolute atomic E-state index is 0.201. The first-order valence-electron chi connectivity index (χ1n) is 6.48. The molecule has 0 saturated heterocycles. The standard InChI is InChI=1S/C14H32N2/c1-10-15-12(11(2)13(3,4)5)16(9)14(6,7)8/h11-12,15H,10H2,1-9H3. The average molecular weight is 228 g/mol. The summed E-state index contributed by atoms with van der Waals surface area (Å²) in [5, 5.41) is 3.62. The fourth-order valence-electron chi connectivity index (χ4n) is 1.75. The van der Waals surface area contributed by atoms with Crippen LogP contribution in [0, 0.1) is 11.3 Å². The van der Waals surface area contributed by atoms with Crippen LogP contribution in [-0.4, -0.2) is 30.2 Å². The maximum Gasteiger partial charge on any atom is 0.0630 e. The molecule has 2 nitrogen and oxygen atoms in total. The third-order valence-corrected chi connectivity index (χ3v) is 3.73. The Kier molecular flexibility index (Phi) is 5.48. The van der Waals surface area contributed by atoms with Gasteiger partial charge in [0.2, 0.25) is 0 Å². The van der Waals surface area contributed by atoms with Gasteiger partial charge in [-0.1, -0.05) is 34.6 Å². The number of hydrogen-bond donors (Lipinski definition) is 1. The van der Waals surface area contributed by atoms with Gasteiger partial charge in [0.1, 0.15) is 0 Å². The molecule has 0 bridgehead atoms. The van der Waals surface area contributed by atoms with Gasteiger partial charge in [-0.25, -0.2) is 0 Å². The monoisotopic (exact) mass is 228 g/mol. The molecule has 0 aromatic rings. The zero-order chi connectivity index (χ0) is 13.1. The lowest BCUT2D eigenvalue weighted by Crippen LogP contribution is -2.57. The number of rotatable bonds is 4. The second kappa shape index (κ2) is 5.50. The number of hydrogen-bond acceptors (Lipinski definition) is 2. The summed E-state index contributed by atoms with van der Waals surface area (Å²) < 4.78 is 0. The third kappa shape index (κ3) is 4.42. The predicted molar refractivity (Wildman–Crippen MR) is 73.6 cm³/mol. The minimum Gasteiger partial charge on any atom is -0.302 e. The molecule has 0 rings (SSSR count). The van der Waals surface area contributed by atoms with Crippen LogP contribution in [0.25, 0.3) is 0 Å². The Morgan fingerprint density at radius 2 is 1.50 bits per heavy atom. The van der Waals surface area contributed by atoms with Crippen molar-refractivity contribution in [3.63, 3.8) is 0 Å². The van der Waals surface area contributed by atoms with Gasteiger partial charge in [-0.05, 0) is 45.7 Å². The van der Waals surface area contributed by atoms with Crippen LogP contribution >= 0.6 is 0 Å². The first-order chi connectivity index (χ1) is 7.01. The van der Waals surface area contributed by atoms with E-state index in [-0.39, 0.29) is 5.54 Å². The summed E-state index contributed by atoms with van der Waals surface area (Å²) in [6, 6.07) is 0. The molecule has 0 amide bonds. The Balaban J connectivity index is 4.87. The highest BCUT2D eigenvalue weighted by Gasteiger charge is 2.34. The van der Waals surface area contributed by atoms with E-state index in [1.54, 1.807) is 0 Å². The molecule has 0 saturated carbocycles. The highest BCUT2D eigenvalue weighted by molar-refractivity contribution is 4.86. The van der Waals surface area contributed by atoms with Gasteiger partial charge in [-0.2, -0.15) is 0 Å². The van der Waals surface area contributed by atoms with Crippen LogP contribution in [0.3, 0.4) is 0 Å². The zero-order valence-corrected chi connectivity index (χ0v) is 12.8. The van der Waals surface area contributed by atoms with Crippen molar-refractivity contribution in [2.24, 2.45) is 11.3 Å². The normalized spacial score (nSPS) is 17.6. The SMILES string of the molecule is CCNC(C(C)C(C)(C)C)N(C)C(C)(C)C. The lowest BCUT2D eigenvalue weighted by atomic mass is 9.79. The van der Waals surface area contributed by atoms with E-state index in [2.05, 4.69) is 72.7 Å². The Morgan fingerprint density at radius 1 is 1.06 bits per heavy atom. The van der Waals surface area contributed by atoms with Gasteiger partial charge in [-0.15, -0.1) is 0 Å². The molecule has 0 fully saturated rings. The first-order valence-corrected chi connectivity index (χ1v) is 6.48. The molecule has 0 heterocycles. The summed E-state index contributed by atoms with van der Waals surface area (Å²) in [6.45, 7) is 19.3. The van der Waals surface area contributed by atoms with Crippen LogP contribution in [0.4, 0.5) is 0 Å². The van der Waals surface area contributed by atoms with Crippen LogP contribution in [-0.2, 0) is 0 Å². The maximum absolute atomic E-state index is 3.62. The summed E-state index contributed by atoms with van der Waals surface area (Å²) in [7, 11) is 2.22. The molecule has 2 heteroatoms. The number of nitrogens with zero attached hydrogens (tertiary/aromatic N) is 1. The maximum atomic E-state index is 3.62. The molecule has 16 heavy (non-hydrogen) atoms. The van der Waals surface area contributed by atoms with Gasteiger partial charge in [0, 0.05) is 5.54 Å². The Morgan fingerprint density at radius 3 is 1.75 bits per heavy atom. The summed E-state index contributed by atoms with van der Waals surface area (Å²) in [6.07, 6.45) is 0.435. The molecule has 0 aliphatic heterocycles. The van der Waals surface area contributed by atoms with Crippen molar-refractivity contribution in [2.45, 2.75) is 67.1 Å². The fourth-order valence-corrected chi connectivity index (χ4v) is 1.75. The molecule has 0 aliphatic rings. The summed E-state index contributed by atoms with van der Waals surface area (Å²) in [5.74, 6) is 0.608. The topological polar surface area (TPSA) is 15.3 Å². The van der Waals surface area contributed by atoms with E-state index in [0.717, 1.165) is 6.54 Å². The molecule has 0 aliphatic carbocycles. The Bertz CT molecular complexity index is 178. The van der Waals surface area contributed by atoms with E-state index in [1.165, 1.54) is 0 Å². The van der Waals surface area contributed by atoms with E-state index < -0.39 is 0 Å². The van der Waals surface area contributed by atoms with Crippen LogP contribution in [0.15, 0.2) is 0 Å². The van der Waals surface area contributed by atoms with E-state index in [4.69, 9.17) is 0 Å². The van der Waals surface area contributed by atoms with Crippen molar-refractivity contribution in [1.82, 2.24) is 10.2 Å². The second-order valence-corrected chi connectivity index (χ2v) is 6.94. The molecule has 2 unspecified atom stereocenters. The molecule has 98 valence electrons. The van der Waals surface area contributed by atoms with E-state index in [0.29, 0.717) is 17.5 Å². The van der Waals surface area contributed by atoms with Crippen molar-refractivity contribution in [1.29, 1.82) is 0 Å². The van der Waals surface area contributed by atoms with Crippen LogP contribution in [0.1, 0.15) is 55.4 Å². The van der Waals surface area contributed by atoms with Gasteiger partial charge in [0.25, 0.3) is 0 Å². The van der Waals surface area contributed by atoms with Crippen molar-refractivity contribution in [2.75, 3.05) is 13.6 Å². The summed E-state index contributed by atoms with van der Waals surface area (Å²) in [5.41, 5.74) is 0.526. The van der Waals surface area contributed by atoms with Crippen LogP contribution < -0.4 is 5.32 Å². The second-order valence-electron chi connectivity index (χ2n) is 6.94. The molecule has 0 radical (unpaired) electrons. The minimum atomic E-state index is 0.201. The highest BCUT2D eigenvalue weighted by atomic mass is 15.3. The molecule has 0 spiro atoms. The average Bonchev–Trinajstić information content (AvgIpc) is 2.09. The van der Waals surface area contributed by atoms with Gasteiger partial charge >= 0.3 is 0 Å². The predicted octanol–water partition coefficient (Wildman–Crippen LogP) is 3.33. The van der Waals surface area contributed by atoms with E-state index in [1.807, 2.05) is 0 Å². The number of nitrogens with one attached hydrogen (secondary N) is 1. The molecule has 0 aromatic carbocycles. The fraction of sp³-hybridized carbons (Fsp3) is 1.00. The molecule has 0 aromatic heterocycles. The quantitative estimate of drug-likeness (QED) is 0.743. The lowest BCUT2D eigenvalue weighted by Gasteiger charge is -2.45. The zero-order valence-electron chi connectivity index (χ0n) is 12.8. The van der Waals surface area contributed by atoms with Gasteiger partial charge in [0.15, 0.2) is 0 Å². The third-order valence-electron chi connectivity index (χ3n) is 3.73. The molecule has 1 N–H and O–H groups in total. The van der Waals surface area contributed by atoms with Crippen LogP contribution in [0.2, 0.25) is 0 Å². The van der Waals surface area contributed by atoms with Gasteiger partial charge in [0.05, 0.1) is 6.17 Å². The van der Waals surface area contributed by atoms with Crippen molar-refractivity contribution >= 4 is 0 Å². The van der Waals surface area contributed by atoms with E-state index >= 15 is 0 Å². The largest absolute Gasteiger partial charge is 0.302 e. The van der Waals surface area contributed by atoms with Gasteiger partial charge < -0.3 is 5.32 Å². The lowest BCUT2D eigenvalue weighted by molar-refractivity contribution is 0.0239. The van der Waals surface area contributed by atoms with Crippen molar-refractivity contribution < 1.29 is 0 Å². The molecule has 2 atom stereocenters. The Hall–Kier alpha value is -0.0800. The molecular weight excluding hydrogens is 196 g/mol. The highest BCUT2D eigenvalue weighted by Crippen LogP contribution is 2.31. The molecular formula is C14H32N2. The Labute approximate surface area is 103 Å². The van der Waals surface area contributed by atoms with Crippen LogP contribution in [0.5, 0.6) is 0 Å². The van der Waals surface area contributed by atoms with E-state index in [9.17, 15) is 0 Å². The van der Waals surface area contributed by atoms with Crippen molar-refractivity contribution in [3.05, 3.63) is 0 Å². The van der Waals surface area contributed by atoms with Crippen molar-refractivity contribution in [3.8, 4) is 0 Å². The first kappa shape index (κ1) is 15.9.